The fourth-order valence-corrected chi connectivity index (χ4v) is 3.54. The van der Waals surface area contributed by atoms with Gasteiger partial charge in [0.2, 0.25) is 0 Å². The number of nitrogens with one attached hydrogen (secondary N) is 1. The minimum atomic E-state index is 0. The molecule has 1 fully saturated rings. The molecule has 1 atom stereocenters. The Morgan fingerprint density at radius 3 is 2.67 bits per heavy atom. The van der Waals surface area contributed by atoms with Crippen molar-refractivity contribution in [1.82, 2.24) is 19.7 Å². The summed E-state index contributed by atoms with van der Waals surface area (Å²) in [7, 11) is 4.17. The van der Waals surface area contributed by atoms with Crippen molar-refractivity contribution >= 4 is 29.9 Å². The summed E-state index contributed by atoms with van der Waals surface area (Å²) >= 11 is 0. The van der Waals surface area contributed by atoms with Gasteiger partial charge in [0, 0.05) is 32.5 Å². The smallest absolute Gasteiger partial charge is 0.194 e. The Morgan fingerprint density at radius 1 is 1.30 bits per heavy atom. The highest BCUT2D eigenvalue weighted by Gasteiger charge is 2.25. The summed E-state index contributed by atoms with van der Waals surface area (Å²) < 4.78 is 7.86. The molecule has 1 unspecified atom stereocenters. The molecular weight excluding hydrogens is 453 g/mol. The molecule has 2 aromatic heterocycles. The van der Waals surface area contributed by atoms with Gasteiger partial charge in [0.25, 0.3) is 0 Å². The lowest BCUT2D eigenvalue weighted by atomic mass is 10.2. The van der Waals surface area contributed by atoms with Crippen LogP contribution in [0, 0.1) is 0 Å². The topological polar surface area (TPSA) is 48.9 Å². The summed E-state index contributed by atoms with van der Waals surface area (Å²) in [5, 5.41) is 3.42. The number of aryl methyl sites for hydroxylation is 1. The highest BCUT2D eigenvalue weighted by Crippen LogP contribution is 2.25. The molecule has 1 aliphatic heterocycles. The van der Waals surface area contributed by atoms with Crippen LogP contribution in [0.1, 0.15) is 37.3 Å². The fraction of sp³-hybridized carbons (Fsp3) is 0.550. The summed E-state index contributed by atoms with van der Waals surface area (Å²) in [6.07, 6.45) is 6.35. The first-order valence-electron chi connectivity index (χ1n) is 9.56. The van der Waals surface area contributed by atoms with Gasteiger partial charge >= 0.3 is 0 Å². The van der Waals surface area contributed by atoms with Crippen LogP contribution in [-0.2, 0) is 13.6 Å². The third-order valence-electron chi connectivity index (χ3n) is 5.01. The van der Waals surface area contributed by atoms with Gasteiger partial charge in [-0.1, -0.05) is 0 Å². The molecule has 6 nitrogen and oxygen atoms in total. The second kappa shape index (κ2) is 10.8. The Bertz CT molecular complexity index is 691. The standard InChI is InChI=1S/C20H31N5O.HI/c1-4-21-20(24(3)16-17-9-7-11-23(17)2)22-15-18(19-10-8-14-26-19)25-12-5-6-13-25;/h7-11,14,18H,4-6,12-13,15-16H2,1-3H3,(H,21,22);1H. The lowest BCUT2D eigenvalue weighted by Crippen LogP contribution is -2.39. The number of guanidine groups is 1. The molecule has 7 heteroatoms. The van der Waals surface area contributed by atoms with E-state index in [1.165, 1.54) is 18.5 Å². The average Bonchev–Trinajstić information content (AvgIpc) is 3.38. The highest BCUT2D eigenvalue weighted by molar-refractivity contribution is 14.0. The van der Waals surface area contributed by atoms with Crippen molar-refractivity contribution in [2.75, 3.05) is 33.2 Å². The lowest BCUT2D eigenvalue weighted by Gasteiger charge is -2.26. The average molecular weight is 485 g/mol. The maximum Gasteiger partial charge on any atom is 0.194 e. The predicted octanol–water partition coefficient (Wildman–Crippen LogP) is 3.47. The van der Waals surface area contributed by atoms with Gasteiger partial charge in [-0.05, 0) is 57.1 Å². The molecule has 1 aliphatic rings. The Kier molecular flexibility index (Phi) is 8.69. The van der Waals surface area contributed by atoms with Crippen LogP contribution < -0.4 is 5.32 Å². The molecule has 0 radical (unpaired) electrons. The Balaban J connectivity index is 0.00000261. The van der Waals surface area contributed by atoms with Crippen molar-refractivity contribution in [1.29, 1.82) is 0 Å². The number of nitrogens with zero attached hydrogens (tertiary/aromatic N) is 4. The molecule has 0 spiro atoms. The number of hydrogen-bond acceptors (Lipinski definition) is 3. The minimum absolute atomic E-state index is 0. The van der Waals surface area contributed by atoms with Gasteiger partial charge in [0.15, 0.2) is 5.96 Å². The summed E-state index contributed by atoms with van der Waals surface area (Å²) in [4.78, 5) is 9.62. The van der Waals surface area contributed by atoms with Gasteiger partial charge < -0.3 is 19.2 Å². The molecule has 0 saturated carbocycles. The molecule has 3 rings (SSSR count). The van der Waals surface area contributed by atoms with E-state index in [9.17, 15) is 0 Å². The number of aromatic nitrogens is 1. The Morgan fingerprint density at radius 2 is 2.07 bits per heavy atom. The van der Waals surface area contributed by atoms with Crippen LogP contribution in [0.3, 0.4) is 0 Å². The van der Waals surface area contributed by atoms with E-state index in [1.54, 1.807) is 6.26 Å². The molecule has 1 saturated heterocycles. The highest BCUT2D eigenvalue weighted by atomic mass is 127. The van der Waals surface area contributed by atoms with Crippen LogP contribution in [-0.4, -0.2) is 53.6 Å². The predicted molar refractivity (Wildman–Crippen MR) is 121 cm³/mol. The third-order valence-corrected chi connectivity index (χ3v) is 5.01. The maximum atomic E-state index is 5.71. The monoisotopic (exact) mass is 485 g/mol. The van der Waals surface area contributed by atoms with Crippen LogP contribution >= 0.6 is 24.0 Å². The molecule has 2 aromatic rings. The molecule has 0 bridgehead atoms. The first-order chi connectivity index (χ1) is 12.7. The quantitative estimate of drug-likeness (QED) is 0.371. The van der Waals surface area contributed by atoms with E-state index in [1.807, 2.05) is 6.07 Å². The number of halogens is 1. The van der Waals surface area contributed by atoms with Crippen molar-refractivity contribution in [3.63, 3.8) is 0 Å². The van der Waals surface area contributed by atoms with Gasteiger partial charge in [-0.15, -0.1) is 24.0 Å². The van der Waals surface area contributed by atoms with E-state index in [0.29, 0.717) is 6.54 Å². The fourth-order valence-electron chi connectivity index (χ4n) is 3.54. The van der Waals surface area contributed by atoms with Crippen LogP contribution in [0.2, 0.25) is 0 Å². The number of furan rings is 1. The second-order valence-corrected chi connectivity index (χ2v) is 6.94. The van der Waals surface area contributed by atoms with E-state index in [4.69, 9.17) is 9.41 Å². The van der Waals surface area contributed by atoms with Crippen LogP contribution in [0.15, 0.2) is 46.1 Å². The van der Waals surface area contributed by atoms with E-state index in [2.05, 4.69) is 65.1 Å². The number of aliphatic imine (C=N–C) groups is 1. The molecule has 0 amide bonds. The van der Waals surface area contributed by atoms with Gasteiger partial charge in [-0.3, -0.25) is 9.89 Å². The van der Waals surface area contributed by atoms with E-state index >= 15 is 0 Å². The summed E-state index contributed by atoms with van der Waals surface area (Å²) in [5.41, 5.74) is 1.26. The zero-order valence-corrected chi connectivity index (χ0v) is 18.9. The molecular formula is C20H32IN5O. The minimum Gasteiger partial charge on any atom is -0.468 e. The maximum absolute atomic E-state index is 5.71. The first kappa shape index (κ1) is 21.8. The molecule has 150 valence electrons. The SMILES string of the molecule is CCNC(=NCC(c1ccco1)N1CCCC1)N(C)Cc1cccn1C.I. The largest absolute Gasteiger partial charge is 0.468 e. The summed E-state index contributed by atoms with van der Waals surface area (Å²) in [5.74, 6) is 1.95. The normalized spacial score (nSPS) is 16.2. The Labute approximate surface area is 179 Å². The summed E-state index contributed by atoms with van der Waals surface area (Å²) in [6.45, 7) is 6.73. The van der Waals surface area contributed by atoms with E-state index in [0.717, 1.165) is 37.9 Å². The van der Waals surface area contributed by atoms with Gasteiger partial charge in [-0.25, -0.2) is 0 Å². The Hall–Kier alpha value is -1.48. The van der Waals surface area contributed by atoms with Crippen LogP contribution in [0.25, 0.3) is 0 Å². The zero-order chi connectivity index (χ0) is 18.4. The number of hydrogen-bond donors (Lipinski definition) is 1. The van der Waals surface area contributed by atoms with Crippen molar-refractivity contribution in [3.05, 3.63) is 48.2 Å². The molecule has 1 N–H and O–H groups in total. The lowest BCUT2D eigenvalue weighted by molar-refractivity contribution is 0.220. The molecule has 3 heterocycles. The van der Waals surface area contributed by atoms with E-state index in [-0.39, 0.29) is 30.0 Å². The van der Waals surface area contributed by atoms with Crippen molar-refractivity contribution in [2.24, 2.45) is 12.0 Å². The van der Waals surface area contributed by atoms with Crippen molar-refractivity contribution in [2.45, 2.75) is 32.4 Å². The zero-order valence-electron chi connectivity index (χ0n) is 16.6. The van der Waals surface area contributed by atoms with Gasteiger partial charge in [0.1, 0.15) is 5.76 Å². The number of rotatable bonds is 7. The van der Waals surface area contributed by atoms with Crippen LogP contribution in [0.4, 0.5) is 0 Å². The second-order valence-electron chi connectivity index (χ2n) is 6.94. The molecule has 27 heavy (non-hydrogen) atoms. The van der Waals surface area contributed by atoms with E-state index < -0.39 is 0 Å². The van der Waals surface area contributed by atoms with Crippen molar-refractivity contribution in [3.8, 4) is 0 Å². The van der Waals surface area contributed by atoms with Gasteiger partial charge in [0.05, 0.1) is 25.4 Å². The number of likely N-dealkylation sites (tertiary alicyclic amines) is 1. The first-order valence-corrected chi connectivity index (χ1v) is 9.56. The molecule has 0 aliphatic carbocycles. The summed E-state index contributed by atoms with van der Waals surface area (Å²) in [6, 6.07) is 8.47. The van der Waals surface area contributed by atoms with Crippen LogP contribution in [0.5, 0.6) is 0 Å². The molecule has 0 aromatic carbocycles. The third kappa shape index (κ3) is 5.75. The van der Waals surface area contributed by atoms with Crippen molar-refractivity contribution < 1.29 is 4.42 Å². The van der Waals surface area contributed by atoms with Gasteiger partial charge in [-0.2, -0.15) is 0 Å².